The first kappa shape index (κ1) is 20.8. The molecule has 0 aromatic heterocycles. The molecule has 1 aliphatic carbocycles. The van der Waals surface area contributed by atoms with E-state index in [0.717, 1.165) is 4.90 Å². The lowest BCUT2D eigenvalue weighted by molar-refractivity contribution is -0.122. The highest BCUT2D eigenvalue weighted by Gasteiger charge is 2.47. The van der Waals surface area contributed by atoms with Crippen molar-refractivity contribution < 1.29 is 27.0 Å². The van der Waals surface area contributed by atoms with Crippen molar-refractivity contribution >= 4 is 39.2 Å². The van der Waals surface area contributed by atoms with Crippen LogP contribution in [-0.2, 0) is 24.5 Å². The molecule has 9 heteroatoms. The van der Waals surface area contributed by atoms with Crippen LogP contribution in [-0.4, -0.2) is 26.1 Å². The predicted octanol–water partition coefficient (Wildman–Crippen LogP) is 2.87. The van der Waals surface area contributed by atoms with Gasteiger partial charge in [-0.05, 0) is 49.2 Å². The third kappa shape index (κ3) is 4.09. The van der Waals surface area contributed by atoms with Crippen molar-refractivity contribution in [2.24, 2.45) is 11.8 Å². The normalized spacial score (nSPS) is 20.5. The van der Waals surface area contributed by atoms with Gasteiger partial charge in [0.25, 0.3) is 0 Å². The van der Waals surface area contributed by atoms with Crippen LogP contribution < -0.4 is 14.4 Å². The minimum Gasteiger partial charge on any atom is -0.379 e. The molecule has 1 N–H and O–H groups in total. The molecule has 2 aromatic rings. The standard InChI is InChI=1S/C22H20N2O6S/c1-14(25)23-15-9-11-18(12-10-15)31(28,29)30-17-6-4-5-16(13-17)24-21(26)19-7-2-3-8-20(19)22(24)27/h2-6,9-13,19-20H,7-8H2,1H3,(H,23,25). The number of rotatable bonds is 5. The predicted molar refractivity (Wildman–Crippen MR) is 113 cm³/mol. The highest BCUT2D eigenvalue weighted by molar-refractivity contribution is 7.87. The van der Waals surface area contributed by atoms with Crippen LogP contribution in [0.15, 0.2) is 65.6 Å². The lowest BCUT2D eigenvalue weighted by Gasteiger charge is -2.16. The van der Waals surface area contributed by atoms with E-state index in [9.17, 15) is 22.8 Å². The number of fused-ring (bicyclic) bond motifs is 1. The number of allylic oxidation sites excluding steroid dienone is 2. The van der Waals surface area contributed by atoms with E-state index in [1.165, 1.54) is 49.4 Å². The summed E-state index contributed by atoms with van der Waals surface area (Å²) in [6.07, 6.45) is 4.84. The zero-order valence-electron chi connectivity index (χ0n) is 16.6. The Morgan fingerprint density at radius 3 is 2.19 bits per heavy atom. The van der Waals surface area contributed by atoms with Crippen molar-refractivity contribution in [3.05, 3.63) is 60.7 Å². The zero-order valence-corrected chi connectivity index (χ0v) is 17.5. The molecule has 1 saturated heterocycles. The van der Waals surface area contributed by atoms with Gasteiger partial charge >= 0.3 is 10.1 Å². The largest absolute Gasteiger partial charge is 0.379 e. The van der Waals surface area contributed by atoms with E-state index in [-0.39, 0.29) is 45.9 Å². The van der Waals surface area contributed by atoms with E-state index in [0.29, 0.717) is 18.5 Å². The molecule has 1 aliphatic heterocycles. The first-order valence-corrected chi connectivity index (χ1v) is 11.1. The lowest BCUT2D eigenvalue weighted by atomic mass is 9.85. The fourth-order valence-corrected chi connectivity index (χ4v) is 4.73. The van der Waals surface area contributed by atoms with Gasteiger partial charge in [0.2, 0.25) is 17.7 Å². The van der Waals surface area contributed by atoms with Crippen LogP contribution in [0.5, 0.6) is 5.75 Å². The van der Waals surface area contributed by atoms with Gasteiger partial charge in [0.05, 0.1) is 17.5 Å². The van der Waals surface area contributed by atoms with Gasteiger partial charge in [-0.2, -0.15) is 8.42 Å². The van der Waals surface area contributed by atoms with E-state index in [4.69, 9.17) is 4.18 Å². The van der Waals surface area contributed by atoms with Crippen LogP contribution in [0.1, 0.15) is 19.8 Å². The van der Waals surface area contributed by atoms with Gasteiger partial charge in [0.15, 0.2) is 0 Å². The van der Waals surface area contributed by atoms with Crippen LogP contribution in [0, 0.1) is 11.8 Å². The molecule has 1 fully saturated rings. The Balaban J connectivity index is 1.55. The van der Waals surface area contributed by atoms with Crippen LogP contribution in [0.25, 0.3) is 0 Å². The Morgan fingerprint density at radius 2 is 1.61 bits per heavy atom. The summed E-state index contributed by atoms with van der Waals surface area (Å²) in [6, 6.07) is 11.4. The second-order valence-electron chi connectivity index (χ2n) is 7.41. The van der Waals surface area contributed by atoms with Crippen LogP contribution in [0.3, 0.4) is 0 Å². The molecule has 31 heavy (non-hydrogen) atoms. The fraction of sp³-hybridized carbons (Fsp3) is 0.227. The van der Waals surface area contributed by atoms with E-state index in [1.807, 2.05) is 12.2 Å². The summed E-state index contributed by atoms with van der Waals surface area (Å²) in [5.41, 5.74) is 0.730. The van der Waals surface area contributed by atoms with Crippen molar-refractivity contribution in [2.75, 3.05) is 10.2 Å². The van der Waals surface area contributed by atoms with Crippen molar-refractivity contribution in [3.63, 3.8) is 0 Å². The Bertz CT molecular complexity index is 1160. The smallest absolute Gasteiger partial charge is 0.339 e. The summed E-state index contributed by atoms with van der Waals surface area (Å²) >= 11 is 0. The summed E-state index contributed by atoms with van der Waals surface area (Å²) in [7, 11) is -4.16. The van der Waals surface area contributed by atoms with Gasteiger partial charge in [-0.3, -0.25) is 14.4 Å². The summed E-state index contributed by atoms with van der Waals surface area (Å²) < 4.78 is 30.5. The number of amides is 3. The molecule has 2 atom stereocenters. The van der Waals surface area contributed by atoms with Gasteiger partial charge in [-0.1, -0.05) is 18.2 Å². The number of carbonyl (C=O) groups excluding carboxylic acids is 3. The first-order chi connectivity index (χ1) is 14.8. The van der Waals surface area contributed by atoms with Gasteiger partial charge < -0.3 is 9.50 Å². The third-order valence-electron chi connectivity index (χ3n) is 5.25. The van der Waals surface area contributed by atoms with Crippen LogP contribution >= 0.6 is 0 Å². The average Bonchev–Trinajstić information content (AvgIpc) is 2.98. The number of hydrogen-bond acceptors (Lipinski definition) is 6. The van der Waals surface area contributed by atoms with Crippen LogP contribution in [0.2, 0.25) is 0 Å². The Labute approximate surface area is 179 Å². The second kappa shape index (κ2) is 7.99. The Hall–Kier alpha value is -3.46. The molecule has 0 saturated carbocycles. The molecule has 1 heterocycles. The molecule has 160 valence electrons. The molecule has 0 radical (unpaired) electrons. The van der Waals surface area contributed by atoms with Gasteiger partial charge in [0, 0.05) is 18.7 Å². The molecule has 2 aliphatic rings. The average molecular weight is 440 g/mol. The Kier molecular flexibility index (Phi) is 5.36. The number of imide groups is 1. The number of anilines is 2. The molecular formula is C22H20N2O6S. The van der Waals surface area contributed by atoms with Gasteiger partial charge in [-0.15, -0.1) is 0 Å². The maximum atomic E-state index is 12.8. The molecule has 0 bridgehead atoms. The van der Waals surface area contributed by atoms with Crippen molar-refractivity contribution in [2.45, 2.75) is 24.7 Å². The molecule has 8 nitrogen and oxygen atoms in total. The molecule has 3 amide bonds. The first-order valence-electron chi connectivity index (χ1n) is 9.71. The minimum absolute atomic E-state index is 0.0166. The van der Waals surface area contributed by atoms with E-state index >= 15 is 0 Å². The summed E-state index contributed by atoms with van der Waals surface area (Å²) in [6.45, 7) is 1.35. The van der Waals surface area contributed by atoms with Crippen molar-refractivity contribution in [3.8, 4) is 5.75 Å². The lowest BCUT2D eigenvalue weighted by Crippen LogP contribution is -2.30. The molecule has 2 aromatic carbocycles. The van der Waals surface area contributed by atoms with Crippen LogP contribution in [0.4, 0.5) is 11.4 Å². The number of nitrogens with one attached hydrogen (secondary N) is 1. The number of hydrogen-bond donors (Lipinski definition) is 1. The maximum Gasteiger partial charge on any atom is 0.339 e. The third-order valence-corrected chi connectivity index (χ3v) is 6.51. The molecule has 4 rings (SSSR count). The summed E-state index contributed by atoms with van der Waals surface area (Å²) in [4.78, 5) is 37.6. The number of carbonyl (C=O) groups is 3. The van der Waals surface area contributed by atoms with E-state index in [1.54, 1.807) is 6.07 Å². The highest BCUT2D eigenvalue weighted by Crippen LogP contribution is 2.38. The minimum atomic E-state index is -4.16. The monoisotopic (exact) mass is 440 g/mol. The number of nitrogens with zero attached hydrogens (tertiary/aromatic N) is 1. The fourth-order valence-electron chi connectivity index (χ4n) is 3.81. The molecule has 2 unspecified atom stereocenters. The van der Waals surface area contributed by atoms with Gasteiger partial charge in [0.1, 0.15) is 10.6 Å². The highest BCUT2D eigenvalue weighted by atomic mass is 32.2. The van der Waals surface area contributed by atoms with Gasteiger partial charge in [-0.25, -0.2) is 4.90 Å². The Morgan fingerprint density at radius 1 is 1.00 bits per heavy atom. The van der Waals surface area contributed by atoms with E-state index in [2.05, 4.69) is 5.32 Å². The summed E-state index contributed by atoms with van der Waals surface area (Å²) in [5, 5.41) is 2.55. The molecular weight excluding hydrogens is 420 g/mol. The number of benzene rings is 2. The summed E-state index contributed by atoms with van der Waals surface area (Å²) in [5.74, 6) is -1.62. The second-order valence-corrected chi connectivity index (χ2v) is 8.95. The quantitative estimate of drug-likeness (QED) is 0.435. The maximum absolute atomic E-state index is 12.8. The van der Waals surface area contributed by atoms with E-state index < -0.39 is 10.1 Å². The van der Waals surface area contributed by atoms with Crippen molar-refractivity contribution in [1.29, 1.82) is 0 Å². The zero-order chi connectivity index (χ0) is 22.2. The molecule has 0 spiro atoms. The topological polar surface area (TPSA) is 110 Å². The van der Waals surface area contributed by atoms with Crippen molar-refractivity contribution in [1.82, 2.24) is 0 Å². The SMILES string of the molecule is CC(=O)Nc1ccc(S(=O)(=O)Oc2cccc(N3C(=O)C4CC=CCC4C3=O)c2)cc1.